The Bertz CT molecular complexity index is 1370. The third kappa shape index (κ3) is 2.76. The van der Waals surface area contributed by atoms with Crippen LogP contribution in [-0.2, 0) is 5.75 Å². The van der Waals surface area contributed by atoms with Crippen molar-refractivity contribution in [3.8, 4) is 0 Å². The maximum Gasteiger partial charge on any atom is 0.294 e. The first-order valence-electron chi connectivity index (χ1n) is 8.46. The minimum absolute atomic E-state index is 0.258. The number of nitrogens with one attached hydrogen (secondary N) is 1. The molecule has 7 heteroatoms. The van der Waals surface area contributed by atoms with E-state index in [0.717, 1.165) is 21.3 Å². The number of fused-ring (bicyclic) bond motifs is 4. The van der Waals surface area contributed by atoms with Crippen molar-refractivity contribution in [2.75, 3.05) is 0 Å². The van der Waals surface area contributed by atoms with Gasteiger partial charge in [0.2, 0.25) is 5.58 Å². The number of aryl methyl sites for hydroxylation is 1. The van der Waals surface area contributed by atoms with Crippen LogP contribution in [0.3, 0.4) is 0 Å². The van der Waals surface area contributed by atoms with Crippen LogP contribution in [0.5, 0.6) is 0 Å². The van der Waals surface area contributed by atoms with Crippen LogP contribution in [0.2, 0.25) is 0 Å². The van der Waals surface area contributed by atoms with Crippen LogP contribution in [0, 0.1) is 6.92 Å². The first-order chi connectivity index (χ1) is 13.2. The van der Waals surface area contributed by atoms with Crippen LogP contribution in [0.4, 0.5) is 0 Å². The zero-order valence-electron chi connectivity index (χ0n) is 14.4. The lowest BCUT2D eigenvalue weighted by Gasteiger charge is -2.06. The molecule has 0 fully saturated rings. The van der Waals surface area contributed by atoms with Gasteiger partial charge in [-0.2, -0.15) is 0 Å². The SMILES string of the molecule is Cc1nc(SCc2nc3c(oc4ccccc43)c(=O)[nH]2)c2ccccc2n1. The van der Waals surface area contributed by atoms with Gasteiger partial charge in [0.15, 0.2) is 0 Å². The number of nitrogens with zero attached hydrogens (tertiary/aromatic N) is 3. The fraction of sp³-hybridized carbons (Fsp3) is 0.100. The van der Waals surface area contributed by atoms with Gasteiger partial charge in [-0.25, -0.2) is 15.0 Å². The number of furan rings is 1. The largest absolute Gasteiger partial charge is 0.449 e. The quantitative estimate of drug-likeness (QED) is 0.376. The predicted molar refractivity (Wildman–Crippen MR) is 106 cm³/mol. The van der Waals surface area contributed by atoms with Crippen molar-refractivity contribution in [2.45, 2.75) is 17.7 Å². The highest BCUT2D eigenvalue weighted by atomic mass is 32.2. The Morgan fingerprint density at radius 2 is 1.78 bits per heavy atom. The van der Waals surface area contributed by atoms with Gasteiger partial charge in [-0.3, -0.25) is 4.79 Å². The molecule has 3 aromatic heterocycles. The van der Waals surface area contributed by atoms with Gasteiger partial charge in [-0.15, -0.1) is 0 Å². The summed E-state index contributed by atoms with van der Waals surface area (Å²) < 4.78 is 5.64. The maximum absolute atomic E-state index is 12.4. The highest BCUT2D eigenvalue weighted by Crippen LogP contribution is 2.28. The molecule has 0 radical (unpaired) electrons. The monoisotopic (exact) mass is 374 g/mol. The van der Waals surface area contributed by atoms with Crippen LogP contribution in [0.15, 0.2) is 62.8 Å². The number of rotatable bonds is 3. The van der Waals surface area contributed by atoms with Crippen LogP contribution >= 0.6 is 11.8 Å². The summed E-state index contributed by atoms with van der Waals surface area (Å²) in [5.74, 6) is 1.80. The van der Waals surface area contributed by atoms with E-state index >= 15 is 0 Å². The van der Waals surface area contributed by atoms with Gasteiger partial charge >= 0.3 is 0 Å². The second-order valence-corrected chi connectivity index (χ2v) is 7.13. The van der Waals surface area contributed by atoms with Gasteiger partial charge < -0.3 is 9.40 Å². The number of hydrogen-bond acceptors (Lipinski definition) is 6. The molecule has 0 atom stereocenters. The molecule has 0 aliphatic heterocycles. The lowest BCUT2D eigenvalue weighted by atomic mass is 10.2. The first kappa shape index (κ1) is 16.0. The van der Waals surface area contributed by atoms with Crippen molar-refractivity contribution in [1.82, 2.24) is 19.9 Å². The highest BCUT2D eigenvalue weighted by molar-refractivity contribution is 7.98. The molecule has 6 nitrogen and oxygen atoms in total. The van der Waals surface area contributed by atoms with E-state index in [9.17, 15) is 4.79 Å². The Balaban J connectivity index is 1.56. The summed E-state index contributed by atoms with van der Waals surface area (Å²) in [6, 6.07) is 15.4. The van der Waals surface area contributed by atoms with Gasteiger partial charge in [0, 0.05) is 10.8 Å². The van der Waals surface area contributed by atoms with Crippen molar-refractivity contribution in [2.24, 2.45) is 0 Å². The summed E-state index contributed by atoms with van der Waals surface area (Å²) in [5.41, 5.74) is 2.15. The minimum Gasteiger partial charge on any atom is -0.449 e. The third-order valence-corrected chi connectivity index (χ3v) is 5.31. The molecule has 3 heterocycles. The first-order valence-corrected chi connectivity index (χ1v) is 9.44. The smallest absolute Gasteiger partial charge is 0.294 e. The Morgan fingerprint density at radius 1 is 1.00 bits per heavy atom. The van der Waals surface area contributed by atoms with Crippen molar-refractivity contribution < 1.29 is 4.42 Å². The highest BCUT2D eigenvalue weighted by Gasteiger charge is 2.14. The lowest BCUT2D eigenvalue weighted by Crippen LogP contribution is -2.10. The molecule has 5 aromatic rings. The Morgan fingerprint density at radius 3 is 2.67 bits per heavy atom. The predicted octanol–water partition coefficient (Wildman–Crippen LogP) is 4.21. The molecule has 27 heavy (non-hydrogen) atoms. The topological polar surface area (TPSA) is 84.7 Å². The number of hydrogen-bond donors (Lipinski definition) is 1. The van der Waals surface area contributed by atoms with E-state index in [1.165, 1.54) is 11.8 Å². The molecule has 1 N–H and O–H groups in total. The van der Waals surface area contributed by atoms with Crippen LogP contribution in [0.25, 0.3) is 33.0 Å². The second kappa shape index (κ2) is 6.21. The molecule has 5 rings (SSSR count). The number of para-hydroxylation sites is 2. The van der Waals surface area contributed by atoms with Crippen LogP contribution in [-0.4, -0.2) is 19.9 Å². The number of thioether (sulfide) groups is 1. The molecular weight excluding hydrogens is 360 g/mol. The Kier molecular flexibility index (Phi) is 3.68. The summed E-state index contributed by atoms with van der Waals surface area (Å²) in [7, 11) is 0. The number of H-pyrrole nitrogens is 1. The van der Waals surface area contributed by atoms with Crippen LogP contribution < -0.4 is 5.56 Å². The average molecular weight is 374 g/mol. The van der Waals surface area contributed by atoms with Gasteiger partial charge in [-0.1, -0.05) is 42.1 Å². The van der Waals surface area contributed by atoms with E-state index in [2.05, 4.69) is 19.9 Å². The maximum atomic E-state index is 12.4. The fourth-order valence-electron chi connectivity index (χ4n) is 3.12. The van der Waals surface area contributed by atoms with Crippen molar-refractivity contribution in [1.29, 1.82) is 0 Å². The fourth-order valence-corrected chi connectivity index (χ4v) is 4.06. The molecule has 0 saturated heterocycles. The molecular formula is C20H14N4O2S. The minimum atomic E-state index is -0.268. The number of aromatic nitrogens is 4. The molecule has 0 aliphatic rings. The van der Waals surface area contributed by atoms with E-state index in [0.29, 0.717) is 28.5 Å². The Hall–Kier alpha value is -3.19. The Labute approximate surface area is 157 Å². The zero-order chi connectivity index (χ0) is 18.4. The van der Waals surface area contributed by atoms with E-state index < -0.39 is 0 Å². The van der Waals surface area contributed by atoms with E-state index in [-0.39, 0.29) is 11.1 Å². The standard InChI is InChI=1S/C20H14N4O2S/c1-11-21-14-8-4-2-6-12(14)20(22-11)27-10-16-23-17-13-7-3-5-9-15(13)26-18(17)19(25)24-16/h2-9H,10H2,1H3,(H,23,24,25). The van der Waals surface area contributed by atoms with E-state index in [4.69, 9.17) is 4.42 Å². The summed E-state index contributed by atoms with van der Waals surface area (Å²) in [6.07, 6.45) is 0. The molecule has 0 unspecified atom stereocenters. The van der Waals surface area contributed by atoms with Gasteiger partial charge in [0.05, 0.1) is 11.3 Å². The van der Waals surface area contributed by atoms with E-state index in [1.807, 2.05) is 55.5 Å². The van der Waals surface area contributed by atoms with Crippen molar-refractivity contribution in [3.05, 3.63) is 70.5 Å². The van der Waals surface area contributed by atoms with Crippen LogP contribution in [0.1, 0.15) is 11.6 Å². The number of benzene rings is 2. The zero-order valence-corrected chi connectivity index (χ0v) is 15.2. The molecule has 0 spiro atoms. The van der Waals surface area contributed by atoms with Crippen molar-refractivity contribution >= 4 is 44.7 Å². The summed E-state index contributed by atoms with van der Waals surface area (Å²) >= 11 is 1.53. The number of aromatic amines is 1. The molecule has 132 valence electrons. The molecule has 0 aliphatic carbocycles. The summed E-state index contributed by atoms with van der Waals surface area (Å²) in [4.78, 5) is 28.9. The second-order valence-electron chi connectivity index (χ2n) is 6.17. The van der Waals surface area contributed by atoms with E-state index in [1.54, 1.807) is 0 Å². The molecule has 2 aromatic carbocycles. The lowest BCUT2D eigenvalue weighted by molar-refractivity contribution is 0.660. The average Bonchev–Trinajstić information content (AvgIpc) is 3.05. The normalized spacial score (nSPS) is 11.6. The van der Waals surface area contributed by atoms with Gasteiger partial charge in [0.25, 0.3) is 5.56 Å². The van der Waals surface area contributed by atoms with Crippen molar-refractivity contribution in [3.63, 3.8) is 0 Å². The third-order valence-electron chi connectivity index (χ3n) is 4.31. The summed E-state index contributed by atoms with van der Waals surface area (Å²) in [6.45, 7) is 1.88. The van der Waals surface area contributed by atoms with Gasteiger partial charge in [-0.05, 0) is 25.1 Å². The van der Waals surface area contributed by atoms with Gasteiger partial charge in [0.1, 0.15) is 27.8 Å². The molecule has 0 amide bonds. The molecule has 0 saturated carbocycles. The summed E-state index contributed by atoms with van der Waals surface area (Å²) in [5, 5.41) is 2.70. The molecule has 0 bridgehead atoms.